The minimum absolute atomic E-state index is 0.0202. The fourth-order valence-electron chi connectivity index (χ4n) is 3.65. The SMILES string of the molecule is O=C(c1ccnn1COc1ccccc1Cl)N1CCN2CCCC2C1. The molecule has 0 N–H and O–H groups in total. The number of carbonyl (C=O) groups excluding carboxylic acids is 1. The number of ether oxygens (including phenoxy) is 1. The molecule has 3 heterocycles. The fraction of sp³-hybridized carbons (Fsp3) is 0.444. The van der Waals surface area contributed by atoms with E-state index in [0.717, 1.165) is 26.2 Å². The Bertz CT molecular complexity index is 763. The Balaban J connectivity index is 1.44. The van der Waals surface area contributed by atoms with E-state index in [-0.39, 0.29) is 12.6 Å². The van der Waals surface area contributed by atoms with E-state index in [1.54, 1.807) is 29.1 Å². The molecule has 2 aromatic rings. The second-order valence-electron chi connectivity index (χ2n) is 6.50. The quantitative estimate of drug-likeness (QED) is 0.840. The molecule has 7 heteroatoms. The normalized spacial score (nSPS) is 20.5. The third-order valence-corrected chi connectivity index (χ3v) is 5.30. The summed E-state index contributed by atoms with van der Waals surface area (Å²) in [5, 5.41) is 4.78. The monoisotopic (exact) mass is 360 g/mol. The lowest BCUT2D eigenvalue weighted by Crippen LogP contribution is -2.52. The van der Waals surface area contributed by atoms with E-state index in [4.69, 9.17) is 16.3 Å². The van der Waals surface area contributed by atoms with Crippen molar-refractivity contribution in [2.24, 2.45) is 0 Å². The zero-order chi connectivity index (χ0) is 17.2. The number of fused-ring (bicyclic) bond motifs is 1. The largest absolute Gasteiger partial charge is 0.470 e. The van der Waals surface area contributed by atoms with Gasteiger partial charge in [0.15, 0.2) is 6.73 Å². The fourth-order valence-corrected chi connectivity index (χ4v) is 3.84. The van der Waals surface area contributed by atoms with Crippen molar-refractivity contribution >= 4 is 17.5 Å². The molecule has 1 amide bonds. The minimum atomic E-state index is 0.0202. The first-order valence-electron chi connectivity index (χ1n) is 8.65. The Hall–Kier alpha value is -2.05. The van der Waals surface area contributed by atoms with Crippen LogP contribution in [-0.2, 0) is 6.73 Å². The Kier molecular flexibility index (Phi) is 4.63. The summed E-state index contributed by atoms with van der Waals surface area (Å²) >= 11 is 6.11. The summed E-state index contributed by atoms with van der Waals surface area (Å²) in [6.45, 7) is 3.85. The topological polar surface area (TPSA) is 50.6 Å². The molecule has 2 aliphatic rings. The molecule has 1 unspecified atom stereocenters. The van der Waals surface area contributed by atoms with Gasteiger partial charge in [0.25, 0.3) is 5.91 Å². The number of halogens is 1. The molecule has 1 aromatic heterocycles. The molecule has 0 spiro atoms. The Morgan fingerprint density at radius 3 is 3.00 bits per heavy atom. The van der Waals surface area contributed by atoms with Crippen LogP contribution in [0.3, 0.4) is 0 Å². The van der Waals surface area contributed by atoms with Crippen LogP contribution in [-0.4, -0.2) is 57.7 Å². The molecule has 132 valence electrons. The lowest BCUT2D eigenvalue weighted by atomic mass is 10.1. The number of hydrogen-bond donors (Lipinski definition) is 0. The van der Waals surface area contributed by atoms with E-state index in [1.165, 1.54) is 12.8 Å². The summed E-state index contributed by atoms with van der Waals surface area (Å²) in [5.41, 5.74) is 0.554. The maximum Gasteiger partial charge on any atom is 0.272 e. The number of hydrogen-bond acceptors (Lipinski definition) is 4. The van der Waals surface area contributed by atoms with Crippen molar-refractivity contribution in [1.82, 2.24) is 19.6 Å². The number of nitrogens with zero attached hydrogens (tertiary/aromatic N) is 4. The van der Waals surface area contributed by atoms with Gasteiger partial charge >= 0.3 is 0 Å². The molecule has 0 bridgehead atoms. The molecule has 1 atom stereocenters. The van der Waals surface area contributed by atoms with E-state index < -0.39 is 0 Å². The Morgan fingerprint density at radius 2 is 2.12 bits per heavy atom. The van der Waals surface area contributed by atoms with Crippen molar-refractivity contribution in [2.75, 3.05) is 26.2 Å². The van der Waals surface area contributed by atoms with Gasteiger partial charge in [-0.15, -0.1) is 0 Å². The maximum absolute atomic E-state index is 12.9. The highest BCUT2D eigenvalue weighted by Crippen LogP contribution is 2.24. The first kappa shape index (κ1) is 16.4. The summed E-state index contributed by atoms with van der Waals surface area (Å²) in [5.74, 6) is 0.601. The van der Waals surface area contributed by atoms with E-state index in [9.17, 15) is 4.79 Å². The minimum Gasteiger partial charge on any atom is -0.470 e. The van der Waals surface area contributed by atoms with Gasteiger partial charge in [-0.1, -0.05) is 23.7 Å². The van der Waals surface area contributed by atoms with Gasteiger partial charge in [0.1, 0.15) is 11.4 Å². The van der Waals surface area contributed by atoms with Crippen LogP contribution in [0.4, 0.5) is 0 Å². The smallest absolute Gasteiger partial charge is 0.272 e. The maximum atomic E-state index is 12.9. The van der Waals surface area contributed by atoms with Crippen molar-refractivity contribution in [3.63, 3.8) is 0 Å². The molecule has 0 saturated carbocycles. The van der Waals surface area contributed by atoms with E-state index >= 15 is 0 Å². The molecule has 4 rings (SSSR count). The van der Waals surface area contributed by atoms with Gasteiger partial charge in [0, 0.05) is 31.9 Å². The number of piperazine rings is 1. The van der Waals surface area contributed by atoms with Gasteiger partial charge in [-0.3, -0.25) is 9.69 Å². The number of benzene rings is 1. The molecule has 2 aliphatic heterocycles. The number of rotatable bonds is 4. The number of para-hydroxylation sites is 1. The van der Waals surface area contributed by atoms with Gasteiger partial charge in [0.2, 0.25) is 0 Å². The van der Waals surface area contributed by atoms with Crippen LogP contribution in [0, 0.1) is 0 Å². The third kappa shape index (κ3) is 3.37. The average Bonchev–Trinajstić information content (AvgIpc) is 3.28. The zero-order valence-corrected chi connectivity index (χ0v) is 14.7. The standard InChI is InChI=1S/C18H21ClN4O2/c19-15-5-1-2-6-17(15)25-13-23-16(7-8-20-23)18(24)22-11-10-21-9-3-4-14(21)12-22/h1-2,5-8,14H,3-4,9-13H2. The third-order valence-electron chi connectivity index (χ3n) is 4.99. The summed E-state index contributed by atoms with van der Waals surface area (Å²) in [7, 11) is 0. The van der Waals surface area contributed by atoms with Crippen molar-refractivity contribution in [2.45, 2.75) is 25.6 Å². The number of amides is 1. The molecule has 1 aromatic carbocycles. The van der Waals surface area contributed by atoms with Crippen LogP contribution in [0.1, 0.15) is 23.3 Å². The van der Waals surface area contributed by atoms with Crippen molar-refractivity contribution in [1.29, 1.82) is 0 Å². The predicted molar refractivity (Wildman–Crippen MR) is 94.8 cm³/mol. The molecule has 0 radical (unpaired) electrons. The summed E-state index contributed by atoms with van der Waals surface area (Å²) in [4.78, 5) is 17.3. The first-order chi connectivity index (χ1) is 12.2. The van der Waals surface area contributed by atoms with Crippen LogP contribution in [0.15, 0.2) is 36.5 Å². The highest BCUT2D eigenvalue weighted by atomic mass is 35.5. The molecule has 6 nitrogen and oxygen atoms in total. The van der Waals surface area contributed by atoms with E-state index in [2.05, 4.69) is 10.00 Å². The highest BCUT2D eigenvalue weighted by molar-refractivity contribution is 6.32. The molecule has 2 saturated heterocycles. The Labute approximate surface area is 151 Å². The van der Waals surface area contributed by atoms with Crippen molar-refractivity contribution < 1.29 is 9.53 Å². The first-order valence-corrected chi connectivity index (χ1v) is 9.02. The van der Waals surface area contributed by atoms with Crippen molar-refractivity contribution in [3.05, 3.63) is 47.2 Å². The molecular weight excluding hydrogens is 340 g/mol. The number of aromatic nitrogens is 2. The van der Waals surface area contributed by atoms with Crippen LogP contribution >= 0.6 is 11.6 Å². The van der Waals surface area contributed by atoms with Crippen LogP contribution < -0.4 is 4.74 Å². The molecule has 0 aliphatic carbocycles. The molecule has 2 fully saturated rings. The van der Waals surface area contributed by atoms with Gasteiger partial charge in [-0.2, -0.15) is 5.10 Å². The lowest BCUT2D eigenvalue weighted by molar-refractivity contribution is 0.0551. The summed E-state index contributed by atoms with van der Waals surface area (Å²) in [6, 6.07) is 9.53. The number of carbonyl (C=O) groups is 1. The van der Waals surface area contributed by atoms with Crippen LogP contribution in [0.25, 0.3) is 0 Å². The predicted octanol–water partition coefficient (Wildman–Crippen LogP) is 2.49. The van der Waals surface area contributed by atoms with E-state index in [1.807, 2.05) is 17.0 Å². The van der Waals surface area contributed by atoms with Crippen LogP contribution in [0.5, 0.6) is 5.75 Å². The van der Waals surface area contributed by atoms with Gasteiger partial charge in [0.05, 0.1) is 5.02 Å². The van der Waals surface area contributed by atoms with Crippen LogP contribution in [0.2, 0.25) is 5.02 Å². The average molecular weight is 361 g/mol. The second kappa shape index (κ2) is 7.06. The van der Waals surface area contributed by atoms with Crippen molar-refractivity contribution in [3.8, 4) is 5.75 Å². The second-order valence-corrected chi connectivity index (χ2v) is 6.91. The molecule has 25 heavy (non-hydrogen) atoms. The summed E-state index contributed by atoms with van der Waals surface area (Å²) < 4.78 is 7.31. The summed E-state index contributed by atoms with van der Waals surface area (Å²) in [6.07, 6.45) is 4.05. The van der Waals surface area contributed by atoms with Gasteiger partial charge < -0.3 is 9.64 Å². The Morgan fingerprint density at radius 1 is 1.24 bits per heavy atom. The highest BCUT2D eigenvalue weighted by Gasteiger charge is 2.33. The van der Waals surface area contributed by atoms with Gasteiger partial charge in [-0.05, 0) is 37.6 Å². The lowest BCUT2D eigenvalue weighted by Gasteiger charge is -2.37. The molecular formula is C18H21ClN4O2. The van der Waals surface area contributed by atoms with E-state index in [0.29, 0.717) is 22.5 Å². The van der Waals surface area contributed by atoms with Gasteiger partial charge in [-0.25, -0.2) is 4.68 Å². The zero-order valence-electron chi connectivity index (χ0n) is 14.0.